The number of aromatic nitrogens is 2. The Labute approximate surface area is 126 Å². The molecule has 1 aromatic heterocycles. The van der Waals surface area contributed by atoms with Crippen LogP contribution in [0.15, 0.2) is 18.2 Å². The van der Waals surface area contributed by atoms with Gasteiger partial charge in [0.1, 0.15) is 16.5 Å². The molecule has 1 aliphatic rings. The van der Waals surface area contributed by atoms with E-state index in [-0.39, 0.29) is 11.8 Å². The molecule has 0 bridgehead atoms. The van der Waals surface area contributed by atoms with Crippen molar-refractivity contribution in [2.24, 2.45) is 11.7 Å². The minimum Gasteiger partial charge on any atom is -0.326 e. The summed E-state index contributed by atoms with van der Waals surface area (Å²) in [5, 5.41) is 0. The second-order valence-corrected chi connectivity index (χ2v) is 6.80. The highest BCUT2D eigenvalue weighted by atomic mass is 32.2. The lowest BCUT2D eigenvalue weighted by atomic mass is 10.2. The first-order valence-corrected chi connectivity index (χ1v) is 8.81. The lowest BCUT2D eigenvalue weighted by Crippen LogP contribution is -2.17. The van der Waals surface area contributed by atoms with Gasteiger partial charge in [-0.1, -0.05) is 19.1 Å². The van der Waals surface area contributed by atoms with Crippen molar-refractivity contribution >= 4 is 21.7 Å². The summed E-state index contributed by atoms with van der Waals surface area (Å²) in [6, 6.07) is 5.57. The largest absolute Gasteiger partial charge is 0.326 e. The fraction of sp³-hybridized carbons (Fsp3) is 0.533. The second kappa shape index (κ2) is 5.77. The monoisotopic (exact) mass is 307 g/mol. The number of hydrogen-bond acceptors (Lipinski definition) is 4. The van der Waals surface area contributed by atoms with Gasteiger partial charge in [0.15, 0.2) is 0 Å². The van der Waals surface area contributed by atoms with Crippen LogP contribution in [-0.4, -0.2) is 18.0 Å². The average Bonchev–Trinajstić information content (AvgIpc) is 3.18. The van der Waals surface area contributed by atoms with Gasteiger partial charge in [-0.2, -0.15) is 0 Å². The van der Waals surface area contributed by atoms with Gasteiger partial charge in [0, 0.05) is 6.54 Å². The highest BCUT2D eigenvalue weighted by Gasteiger charge is 2.26. The SMILES string of the molecule is CC[C@H](N)c1nc2cccc(C[SH](=O)=O)c2n1CC1CC1. The third-order valence-corrected chi connectivity index (χ3v) is 4.69. The summed E-state index contributed by atoms with van der Waals surface area (Å²) in [7, 11) is -2.45. The first-order valence-electron chi connectivity index (χ1n) is 7.45. The highest BCUT2D eigenvalue weighted by Crippen LogP contribution is 2.34. The molecule has 5 nitrogen and oxygen atoms in total. The third kappa shape index (κ3) is 2.96. The highest BCUT2D eigenvalue weighted by molar-refractivity contribution is 7.71. The Morgan fingerprint density at radius 3 is 2.81 bits per heavy atom. The molecule has 0 unspecified atom stereocenters. The number of thiol groups is 1. The second-order valence-electron chi connectivity index (χ2n) is 5.81. The van der Waals surface area contributed by atoms with Crippen molar-refractivity contribution in [1.29, 1.82) is 0 Å². The van der Waals surface area contributed by atoms with Crippen molar-refractivity contribution in [1.82, 2.24) is 9.55 Å². The minimum absolute atomic E-state index is 0.0594. The van der Waals surface area contributed by atoms with E-state index in [4.69, 9.17) is 5.73 Å². The zero-order valence-electron chi connectivity index (χ0n) is 12.2. The van der Waals surface area contributed by atoms with E-state index in [0.29, 0.717) is 5.92 Å². The van der Waals surface area contributed by atoms with E-state index in [1.54, 1.807) is 0 Å². The maximum atomic E-state index is 11.1. The molecule has 6 heteroatoms. The van der Waals surface area contributed by atoms with Crippen molar-refractivity contribution in [2.75, 3.05) is 0 Å². The Bertz CT molecular complexity index is 724. The molecule has 1 heterocycles. The summed E-state index contributed by atoms with van der Waals surface area (Å²) < 4.78 is 24.4. The maximum Gasteiger partial charge on any atom is 0.144 e. The number of imidazole rings is 1. The van der Waals surface area contributed by atoms with Gasteiger partial charge in [-0.3, -0.25) is 0 Å². The molecule has 0 amide bonds. The molecule has 2 N–H and O–H groups in total. The standard InChI is InChI=1S/C15H21N3O2S/c1-2-12(16)15-17-13-5-3-4-11(9-21(19)20)14(13)18(15)8-10-6-7-10/h3-5,10,12,21H,2,6-9,16H2,1H3/t12-/m0/s1. The number of benzene rings is 1. The molecule has 21 heavy (non-hydrogen) atoms. The Morgan fingerprint density at radius 2 is 2.19 bits per heavy atom. The summed E-state index contributed by atoms with van der Waals surface area (Å²) in [5.41, 5.74) is 8.83. The van der Waals surface area contributed by atoms with E-state index in [1.165, 1.54) is 12.8 Å². The van der Waals surface area contributed by atoms with Crippen LogP contribution < -0.4 is 5.73 Å². The molecule has 1 saturated carbocycles. The topological polar surface area (TPSA) is 78.0 Å². The number of para-hydroxylation sites is 1. The number of fused-ring (bicyclic) bond motifs is 1. The fourth-order valence-corrected chi connectivity index (χ4v) is 3.29. The number of nitrogens with zero attached hydrogens (tertiary/aromatic N) is 2. The van der Waals surface area contributed by atoms with Crippen LogP contribution in [0.3, 0.4) is 0 Å². The predicted molar refractivity (Wildman–Crippen MR) is 83.7 cm³/mol. The van der Waals surface area contributed by atoms with Crippen LogP contribution in [0.25, 0.3) is 11.0 Å². The molecule has 1 aromatic carbocycles. The Morgan fingerprint density at radius 1 is 1.43 bits per heavy atom. The van der Waals surface area contributed by atoms with E-state index < -0.39 is 10.7 Å². The van der Waals surface area contributed by atoms with Gasteiger partial charge in [-0.05, 0) is 36.8 Å². The molecule has 0 aliphatic heterocycles. The zero-order chi connectivity index (χ0) is 15.0. The molecular weight excluding hydrogens is 286 g/mol. The van der Waals surface area contributed by atoms with E-state index >= 15 is 0 Å². The van der Waals surface area contributed by atoms with Gasteiger partial charge in [-0.15, -0.1) is 0 Å². The third-order valence-electron chi connectivity index (χ3n) is 4.09. The predicted octanol–water partition coefficient (Wildman–Crippen LogP) is 1.97. The maximum absolute atomic E-state index is 11.1. The Kier molecular flexibility index (Phi) is 3.99. The number of hydrogen-bond donors (Lipinski definition) is 2. The van der Waals surface area contributed by atoms with Gasteiger partial charge < -0.3 is 10.3 Å². The van der Waals surface area contributed by atoms with E-state index in [2.05, 4.69) is 9.55 Å². The molecule has 2 aromatic rings. The van der Waals surface area contributed by atoms with Crippen LogP contribution in [0.1, 0.15) is 43.6 Å². The van der Waals surface area contributed by atoms with Crippen LogP contribution in [-0.2, 0) is 23.0 Å². The number of rotatable bonds is 6. The van der Waals surface area contributed by atoms with Crippen molar-refractivity contribution in [3.8, 4) is 0 Å². The van der Waals surface area contributed by atoms with Crippen molar-refractivity contribution in [3.05, 3.63) is 29.6 Å². The van der Waals surface area contributed by atoms with E-state index in [9.17, 15) is 8.42 Å². The summed E-state index contributed by atoms with van der Waals surface area (Å²) >= 11 is 0. The van der Waals surface area contributed by atoms with Crippen LogP contribution in [0, 0.1) is 5.92 Å². The van der Waals surface area contributed by atoms with Crippen LogP contribution in [0.4, 0.5) is 0 Å². The molecule has 114 valence electrons. The quantitative estimate of drug-likeness (QED) is 0.800. The van der Waals surface area contributed by atoms with E-state index in [0.717, 1.165) is 35.4 Å². The van der Waals surface area contributed by atoms with Gasteiger partial charge >= 0.3 is 0 Å². The minimum atomic E-state index is -2.45. The van der Waals surface area contributed by atoms with Crippen molar-refractivity contribution < 1.29 is 8.42 Å². The molecule has 0 saturated heterocycles. The van der Waals surface area contributed by atoms with Crippen molar-refractivity contribution in [2.45, 2.75) is 44.5 Å². The molecule has 0 radical (unpaired) electrons. The summed E-state index contributed by atoms with van der Waals surface area (Å²) in [6.45, 7) is 2.94. The van der Waals surface area contributed by atoms with Gasteiger partial charge in [0.2, 0.25) is 0 Å². The fourth-order valence-electron chi connectivity index (χ4n) is 2.75. The molecular formula is C15H21N3O2S. The molecule has 1 fully saturated rings. The molecule has 3 rings (SSSR count). The first kappa shape index (κ1) is 14.5. The van der Waals surface area contributed by atoms with Crippen molar-refractivity contribution in [3.63, 3.8) is 0 Å². The Hall–Kier alpha value is -1.40. The van der Waals surface area contributed by atoms with Crippen LogP contribution in [0.5, 0.6) is 0 Å². The smallest absolute Gasteiger partial charge is 0.144 e. The Balaban J connectivity index is 2.17. The lowest BCUT2D eigenvalue weighted by molar-refractivity contribution is 0.554. The van der Waals surface area contributed by atoms with Crippen LogP contribution in [0.2, 0.25) is 0 Å². The number of nitrogens with two attached hydrogens (primary N) is 1. The molecule has 0 spiro atoms. The summed E-state index contributed by atoms with van der Waals surface area (Å²) in [5.74, 6) is 1.62. The van der Waals surface area contributed by atoms with E-state index in [1.807, 2.05) is 25.1 Å². The normalized spacial score (nSPS) is 16.7. The lowest BCUT2D eigenvalue weighted by Gasteiger charge is -2.14. The summed E-state index contributed by atoms with van der Waals surface area (Å²) in [6.07, 6.45) is 3.29. The molecule has 1 aliphatic carbocycles. The zero-order valence-corrected chi connectivity index (χ0v) is 13.1. The van der Waals surface area contributed by atoms with Gasteiger partial charge in [0.25, 0.3) is 0 Å². The summed E-state index contributed by atoms with van der Waals surface area (Å²) in [4.78, 5) is 4.67. The molecule has 1 atom stereocenters. The van der Waals surface area contributed by atoms with Gasteiger partial charge in [-0.25, -0.2) is 13.4 Å². The first-order chi connectivity index (χ1) is 10.1. The van der Waals surface area contributed by atoms with Gasteiger partial charge in [0.05, 0.1) is 22.8 Å². The van der Waals surface area contributed by atoms with Crippen LogP contribution >= 0.6 is 0 Å². The average molecular weight is 307 g/mol.